The van der Waals surface area contributed by atoms with Crippen LogP contribution < -0.4 is 4.90 Å². The third-order valence-electron chi connectivity index (χ3n) is 13.8. The average Bonchev–Trinajstić information content (AvgIpc) is 3.73. The van der Waals surface area contributed by atoms with Crippen LogP contribution in [0.15, 0.2) is 237 Å². The fourth-order valence-electron chi connectivity index (χ4n) is 10.9. The Balaban J connectivity index is 0.998. The molecule has 66 heavy (non-hydrogen) atoms. The molecule has 0 aliphatic heterocycles. The zero-order valence-electron chi connectivity index (χ0n) is 36.4. The van der Waals surface area contributed by atoms with Gasteiger partial charge in [-0.05, 0) is 156 Å². The Morgan fingerprint density at radius 3 is 1.52 bits per heavy atom. The third-order valence-corrected chi connectivity index (χ3v) is 13.8. The first-order valence-electron chi connectivity index (χ1n) is 23.1. The third kappa shape index (κ3) is 6.18. The highest BCUT2D eigenvalue weighted by Gasteiger charge is 2.21. The normalized spacial score (nSPS) is 12.4. The quantitative estimate of drug-likeness (QED) is 0.145. The highest BCUT2D eigenvalue weighted by molar-refractivity contribution is 6.21. The van der Waals surface area contributed by atoms with Crippen LogP contribution in [0, 0.1) is 0 Å². The first kappa shape index (κ1) is 38.0. The van der Waals surface area contributed by atoms with E-state index >= 15 is 0 Å². The van der Waals surface area contributed by atoms with Gasteiger partial charge in [-0.3, -0.25) is 0 Å². The van der Waals surface area contributed by atoms with Crippen molar-refractivity contribution < 1.29 is 0 Å². The van der Waals surface area contributed by atoms with Gasteiger partial charge in [0.1, 0.15) is 0 Å². The monoisotopic (exact) mass is 840 g/mol. The first-order chi connectivity index (χ1) is 32.8. The van der Waals surface area contributed by atoms with Gasteiger partial charge in [-0.15, -0.1) is 0 Å². The van der Waals surface area contributed by atoms with E-state index in [9.17, 15) is 0 Å². The minimum Gasteiger partial charge on any atom is -0.310 e. The smallest absolute Gasteiger partial charge is 0.0542 e. The van der Waals surface area contributed by atoms with E-state index in [0.29, 0.717) is 0 Å². The highest BCUT2D eigenvalue weighted by atomic mass is 15.1. The maximum Gasteiger partial charge on any atom is 0.0542 e. The van der Waals surface area contributed by atoms with E-state index in [1.807, 2.05) is 0 Å². The van der Waals surface area contributed by atoms with Crippen LogP contribution in [-0.4, -0.2) is 4.57 Å². The van der Waals surface area contributed by atoms with Gasteiger partial charge in [-0.2, -0.15) is 0 Å². The number of hydrogen-bond donors (Lipinski definition) is 0. The second-order valence-electron chi connectivity index (χ2n) is 17.5. The standard InChI is InChI=1S/C64H44N2/c1-3-17-44(18-4-1)63-57-28-13-11-24-53(57)54-25-12-14-29-58(54)64(63)45-33-37-49(38-34-45)65(50-39-40-62-60(42-50)56-27-15-16-30-61(56)66(62)47-20-5-2-6-21-47)48-35-31-43(32-36-48)59-41-46-19-7-8-22-51(46)52-23-9-10-26-55(52)59/h1-7,9-21,23-42H,8,22H2. The SMILES string of the molecule is C1=Cc2cc(-c3ccc(N(c4ccc(-c5c(-c6ccccc6)c6ccccc6c6ccccc56)cc4)c4ccc5c(c4)c4ccccc4n5-c4ccccc4)cc3)c3ccccc3c2CC1. The van der Waals surface area contributed by atoms with Crippen LogP contribution in [0.2, 0.25) is 0 Å². The molecular weight excluding hydrogens is 797 g/mol. The van der Waals surface area contributed by atoms with Gasteiger partial charge in [-0.1, -0.05) is 176 Å². The average molecular weight is 841 g/mol. The molecule has 0 saturated carbocycles. The van der Waals surface area contributed by atoms with E-state index in [4.69, 9.17) is 0 Å². The van der Waals surface area contributed by atoms with Crippen molar-refractivity contribution in [2.75, 3.05) is 4.90 Å². The van der Waals surface area contributed by atoms with Crippen molar-refractivity contribution in [3.05, 3.63) is 248 Å². The second kappa shape index (κ2) is 15.7. The lowest BCUT2D eigenvalue weighted by Crippen LogP contribution is -2.10. The molecule has 12 aromatic rings. The lowest BCUT2D eigenvalue weighted by molar-refractivity contribution is 0.997. The van der Waals surface area contributed by atoms with Gasteiger partial charge in [0.2, 0.25) is 0 Å². The Morgan fingerprint density at radius 1 is 0.348 bits per heavy atom. The summed E-state index contributed by atoms with van der Waals surface area (Å²) in [5.74, 6) is 0. The number of fused-ring (bicyclic) bond motifs is 9. The van der Waals surface area contributed by atoms with E-state index in [-0.39, 0.29) is 0 Å². The molecule has 13 rings (SSSR count). The summed E-state index contributed by atoms with van der Waals surface area (Å²) in [7, 11) is 0. The fraction of sp³-hybridized carbons (Fsp3) is 0.0312. The molecule has 0 amide bonds. The van der Waals surface area contributed by atoms with Crippen LogP contribution in [0.4, 0.5) is 17.1 Å². The molecule has 0 saturated heterocycles. The lowest BCUT2D eigenvalue weighted by atomic mass is 9.85. The molecule has 310 valence electrons. The van der Waals surface area contributed by atoms with E-state index in [1.54, 1.807) is 0 Å². The van der Waals surface area contributed by atoms with Crippen molar-refractivity contribution in [2.45, 2.75) is 12.8 Å². The van der Waals surface area contributed by atoms with Crippen molar-refractivity contribution >= 4 is 77.3 Å². The van der Waals surface area contributed by atoms with Gasteiger partial charge in [0.15, 0.2) is 0 Å². The van der Waals surface area contributed by atoms with Gasteiger partial charge in [-0.25, -0.2) is 0 Å². The number of benzene rings is 11. The molecule has 0 bridgehead atoms. The van der Waals surface area contributed by atoms with Crippen molar-refractivity contribution in [1.82, 2.24) is 4.57 Å². The molecule has 11 aromatic carbocycles. The summed E-state index contributed by atoms with van der Waals surface area (Å²) >= 11 is 0. The number of nitrogens with zero attached hydrogens (tertiary/aromatic N) is 2. The number of rotatable bonds is 7. The van der Waals surface area contributed by atoms with E-state index in [1.165, 1.54) is 98.6 Å². The summed E-state index contributed by atoms with van der Waals surface area (Å²) < 4.78 is 2.39. The van der Waals surface area contributed by atoms with Gasteiger partial charge >= 0.3 is 0 Å². The van der Waals surface area contributed by atoms with Gasteiger partial charge in [0.05, 0.1) is 11.0 Å². The summed E-state index contributed by atoms with van der Waals surface area (Å²) in [6.07, 6.45) is 6.79. The molecule has 2 heteroatoms. The molecule has 0 radical (unpaired) electrons. The van der Waals surface area contributed by atoms with Gasteiger partial charge in [0, 0.05) is 33.5 Å². The Bertz CT molecular complexity index is 3840. The molecule has 1 heterocycles. The number of hydrogen-bond acceptors (Lipinski definition) is 1. The van der Waals surface area contributed by atoms with Crippen molar-refractivity contribution in [3.8, 4) is 39.1 Å². The zero-order valence-corrected chi connectivity index (χ0v) is 36.4. The number of aromatic nitrogens is 1. The number of aryl methyl sites for hydroxylation is 1. The van der Waals surface area contributed by atoms with Crippen LogP contribution in [0.1, 0.15) is 17.5 Å². The van der Waals surface area contributed by atoms with Gasteiger partial charge < -0.3 is 9.47 Å². The number of allylic oxidation sites excluding steroid dienone is 1. The number of para-hydroxylation sites is 2. The molecule has 2 nitrogen and oxygen atoms in total. The van der Waals surface area contributed by atoms with E-state index in [0.717, 1.165) is 35.6 Å². The lowest BCUT2D eigenvalue weighted by Gasteiger charge is -2.27. The second-order valence-corrected chi connectivity index (χ2v) is 17.5. The zero-order chi connectivity index (χ0) is 43.6. The van der Waals surface area contributed by atoms with Crippen LogP contribution >= 0.6 is 0 Å². The Morgan fingerprint density at radius 2 is 0.848 bits per heavy atom. The molecule has 0 unspecified atom stereocenters. The summed E-state index contributed by atoms with van der Waals surface area (Å²) in [4.78, 5) is 2.42. The Hall–Kier alpha value is -8.46. The molecule has 1 aromatic heterocycles. The van der Waals surface area contributed by atoms with Crippen LogP contribution in [0.3, 0.4) is 0 Å². The predicted molar refractivity (Wildman–Crippen MR) is 282 cm³/mol. The molecule has 1 aliphatic carbocycles. The van der Waals surface area contributed by atoms with Gasteiger partial charge in [0.25, 0.3) is 0 Å². The maximum atomic E-state index is 2.42. The molecular formula is C64H44N2. The van der Waals surface area contributed by atoms with Crippen molar-refractivity contribution in [2.24, 2.45) is 0 Å². The first-order valence-corrected chi connectivity index (χ1v) is 23.1. The highest BCUT2D eigenvalue weighted by Crippen LogP contribution is 2.47. The largest absolute Gasteiger partial charge is 0.310 e. The topological polar surface area (TPSA) is 8.17 Å². The maximum absolute atomic E-state index is 2.42. The van der Waals surface area contributed by atoms with E-state index < -0.39 is 0 Å². The molecule has 0 atom stereocenters. The minimum atomic E-state index is 1.08. The predicted octanol–water partition coefficient (Wildman–Crippen LogP) is 17.7. The van der Waals surface area contributed by atoms with Crippen LogP contribution in [0.5, 0.6) is 0 Å². The molecule has 0 N–H and O–H groups in total. The molecule has 0 spiro atoms. The number of anilines is 3. The Labute approximate surface area is 384 Å². The summed E-state index contributed by atoms with van der Waals surface area (Å²) in [5, 5.41) is 10.2. The van der Waals surface area contributed by atoms with Crippen molar-refractivity contribution in [3.63, 3.8) is 0 Å². The van der Waals surface area contributed by atoms with Crippen LogP contribution in [0.25, 0.3) is 99.3 Å². The Kier molecular flexibility index (Phi) is 9.02. The van der Waals surface area contributed by atoms with E-state index in [2.05, 4.69) is 252 Å². The summed E-state index contributed by atoms with van der Waals surface area (Å²) in [6.45, 7) is 0. The summed E-state index contributed by atoms with van der Waals surface area (Å²) in [5.41, 5.74) is 17.0. The fourth-order valence-corrected chi connectivity index (χ4v) is 10.9. The van der Waals surface area contributed by atoms with Crippen LogP contribution in [-0.2, 0) is 6.42 Å². The minimum absolute atomic E-state index is 1.08. The molecule has 0 fully saturated rings. The van der Waals surface area contributed by atoms with Crippen molar-refractivity contribution in [1.29, 1.82) is 0 Å². The summed E-state index contributed by atoms with van der Waals surface area (Å²) in [6, 6.07) is 84.9. The molecule has 1 aliphatic rings.